The SMILES string of the molecule is Cn1cccc1CCNC(=O)C1CCC(CNC(=O)c2ccncc2)CC1. The van der Waals surface area contributed by atoms with E-state index in [1.807, 2.05) is 19.3 Å². The molecular formula is C21H28N4O2. The van der Waals surface area contributed by atoms with Gasteiger partial charge in [0.2, 0.25) is 5.91 Å². The lowest BCUT2D eigenvalue weighted by molar-refractivity contribution is -0.126. The normalized spacial score (nSPS) is 19.4. The molecule has 2 amide bonds. The van der Waals surface area contributed by atoms with Gasteiger partial charge < -0.3 is 15.2 Å². The highest BCUT2D eigenvalue weighted by Gasteiger charge is 2.26. The first-order valence-electron chi connectivity index (χ1n) is 9.69. The minimum absolute atomic E-state index is 0.0575. The Hall–Kier alpha value is -2.63. The van der Waals surface area contributed by atoms with Crippen LogP contribution in [0.3, 0.4) is 0 Å². The minimum Gasteiger partial charge on any atom is -0.355 e. The second-order valence-corrected chi connectivity index (χ2v) is 7.32. The second-order valence-electron chi connectivity index (χ2n) is 7.32. The summed E-state index contributed by atoms with van der Waals surface area (Å²) in [7, 11) is 2.02. The van der Waals surface area contributed by atoms with Gasteiger partial charge >= 0.3 is 0 Å². The van der Waals surface area contributed by atoms with Crippen LogP contribution in [0.2, 0.25) is 0 Å². The lowest BCUT2D eigenvalue weighted by Crippen LogP contribution is -2.36. The van der Waals surface area contributed by atoms with Crippen LogP contribution in [0.1, 0.15) is 41.7 Å². The molecule has 1 aliphatic carbocycles. The summed E-state index contributed by atoms with van der Waals surface area (Å²) in [6.45, 7) is 1.35. The second kappa shape index (κ2) is 9.35. The summed E-state index contributed by atoms with van der Waals surface area (Å²) in [6, 6.07) is 7.53. The first-order chi connectivity index (χ1) is 13.1. The molecule has 0 saturated heterocycles. The minimum atomic E-state index is -0.0575. The van der Waals surface area contributed by atoms with Gasteiger partial charge in [-0.25, -0.2) is 0 Å². The lowest BCUT2D eigenvalue weighted by Gasteiger charge is -2.28. The summed E-state index contributed by atoms with van der Waals surface area (Å²) in [5, 5.41) is 6.07. The third-order valence-electron chi connectivity index (χ3n) is 5.44. The Kier molecular flexibility index (Phi) is 6.63. The van der Waals surface area contributed by atoms with Gasteiger partial charge in [-0.15, -0.1) is 0 Å². The number of hydrogen-bond acceptors (Lipinski definition) is 3. The fourth-order valence-corrected chi connectivity index (χ4v) is 3.69. The number of pyridine rings is 1. The third-order valence-corrected chi connectivity index (χ3v) is 5.44. The van der Waals surface area contributed by atoms with Crippen LogP contribution >= 0.6 is 0 Å². The Morgan fingerprint density at radius 1 is 1.11 bits per heavy atom. The molecule has 0 bridgehead atoms. The Labute approximate surface area is 160 Å². The molecule has 6 nitrogen and oxygen atoms in total. The van der Waals surface area contributed by atoms with Crippen LogP contribution in [0.4, 0.5) is 0 Å². The van der Waals surface area contributed by atoms with E-state index >= 15 is 0 Å². The number of hydrogen-bond donors (Lipinski definition) is 2. The van der Waals surface area contributed by atoms with E-state index in [2.05, 4.69) is 26.3 Å². The van der Waals surface area contributed by atoms with E-state index in [0.29, 0.717) is 24.6 Å². The number of carbonyl (C=O) groups excluding carboxylic acids is 2. The number of aromatic nitrogens is 2. The van der Waals surface area contributed by atoms with E-state index < -0.39 is 0 Å². The van der Waals surface area contributed by atoms with E-state index in [0.717, 1.165) is 32.1 Å². The molecule has 0 atom stereocenters. The molecule has 2 heterocycles. The number of rotatable bonds is 7. The molecule has 3 rings (SSSR count). The first kappa shape index (κ1) is 19.1. The molecule has 6 heteroatoms. The zero-order valence-corrected chi connectivity index (χ0v) is 15.9. The van der Waals surface area contributed by atoms with E-state index in [1.165, 1.54) is 5.69 Å². The predicted molar refractivity (Wildman–Crippen MR) is 104 cm³/mol. The molecule has 2 N–H and O–H groups in total. The molecule has 27 heavy (non-hydrogen) atoms. The van der Waals surface area contributed by atoms with Crippen LogP contribution in [-0.2, 0) is 18.3 Å². The van der Waals surface area contributed by atoms with Crippen LogP contribution in [0.15, 0.2) is 42.9 Å². The monoisotopic (exact) mass is 368 g/mol. The maximum atomic E-state index is 12.4. The molecule has 1 saturated carbocycles. The standard InChI is InChI=1S/C21H28N4O2/c1-25-14-2-3-19(25)10-13-23-20(26)17-6-4-16(5-7-17)15-24-21(27)18-8-11-22-12-9-18/h2-3,8-9,11-12,14,16-17H,4-7,10,13,15H2,1H3,(H,23,26)(H,24,27). The van der Waals surface area contributed by atoms with Gasteiger partial charge in [-0.05, 0) is 55.9 Å². The Morgan fingerprint density at radius 2 is 1.85 bits per heavy atom. The van der Waals surface area contributed by atoms with Crippen LogP contribution in [0.5, 0.6) is 0 Å². The smallest absolute Gasteiger partial charge is 0.251 e. The summed E-state index contributed by atoms with van der Waals surface area (Å²) in [5.41, 5.74) is 1.86. The van der Waals surface area contributed by atoms with Crippen molar-refractivity contribution in [2.75, 3.05) is 13.1 Å². The van der Waals surface area contributed by atoms with Crippen molar-refractivity contribution in [3.8, 4) is 0 Å². The Morgan fingerprint density at radius 3 is 2.52 bits per heavy atom. The molecule has 0 spiro atoms. The van der Waals surface area contributed by atoms with Crippen LogP contribution < -0.4 is 10.6 Å². The number of nitrogens with one attached hydrogen (secondary N) is 2. The number of aryl methyl sites for hydroxylation is 1. The van der Waals surface area contributed by atoms with E-state index in [9.17, 15) is 9.59 Å². The quantitative estimate of drug-likeness (QED) is 0.787. The summed E-state index contributed by atoms with van der Waals surface area (Å²) in [4.78, 5) is 28.4. The molecule has 144 valence electrons. The molecule has 0 unspecified atom stereocenters. The average Bonchev–Trinajstić information content (AvgIpc) is 3.12. The molecule has 0 radical (unpaired) electrons. The van der Waals surface area contributed by atoms with E-state index in [4.69, 9.17) is 0 Å². The van der Waals surface area contributed by atoms with Gasteiger partial charge in [0.15, 0.2) is 0 Å². The van der Waals surface area contributed by atoms with Gasteiger partial charge in [-0.1, -0.05) is 0 Å². The third kappa shape index (κ3) is 5.42. The van der Waals surface area contributed by atoms with Crippen molar-refractivity contribution in [1.29, 1.82) is 0 Å². The average molecular weight is 368 g/mol. The van der Waals surface area contributed by atoms with Gasteiger partial charge in [-0.3, -0.25) is 14.6 Å². The Bertz CT molecular complexity index is 749. The summed E-state index contributed by atoms with van der Waals surface area (Å²) in [6.07, 6.45) is 9.86. The lowest BCUT2D eigenvalue weighted by atomic mass is 9.81. The zero-order valence-electron chi connectivity index (χ0n) is 15.9. The van der Waals surface area contributed by atoms with Crippen molar-refractivity contribution in [2.45, 2.75) is 32.1 Å². The number of amides is 2. The fraction of sp³-hybridized carbons (Fsp3) is 0.476. The van der Waals surface area contributed by atoms with Crippen molar-refractivity contribution in [3.63, 3.8) is 0 Å². The van der Waals surface area contributed by atoms with Gasteiger partial charge in [0, 0.05) is 62.3 Å². The highest BCUT2D eigenvalue weighted by molar-refractivity contribution is 5.93. The van der Waals surface area contributed by atoms with Gasteiger partial charge in [0.05, 0.1) is 0 Å². The van der Waals surface area contributed by atoms with Gasteiger partial charge in [-0.2, -0.15) is 0 Å². The highest BCUT2D eigenvalue weighted by atomic mass is 16.2. The summed E-state index contributed by atoms with van der Waals surface area (Å²) < 4.78 is 2.08. The van der Waals surface area contributed by atoms with Crippen LogP contribution in [0.25, 0.3) is 0 Å². The summed E-state index contributed by atoms with van der Waals surface area (Å²) >= 11 is 0. The number of carbonyl (C=O) groups is 2. The van der Waals surface area contributed by atoms with Crippen LogP contribution in [-0.4, -0.2) is 34.5 Å². The molecule has 1 aliphatic rings. The zero-order chi connectivity index (χ0) is 19.1. The molecule has 0 aromatic carbocycles. The summed E-state index contributed by atoms with van der Waals surface area (Å²) in [5.74, 6) is 0.662. The van der Waals surface area contributed by atoms with Crippen LogP contribution in [0, 0.1) is 11.8 Å². The van der Waals surface area contributed by atoms with Crippen molar-refractivity contribution < 1.29 is 9.59 Å². The van der Waals surface area contributed by atoms with E-state index in [1.54, 1.807) is 24.5 Å². The maximum absolute atomic E-state index is 12.4. The molecule has 1 fully saturated rings. The Balaban J connectivity index is 1.34. The first-order valence-corrected chi connectivity index (χ1v) is 9.69. The van der Waals surface area contributed by atoms with Crippen molar-refractivity contribution in [2.24, 2.45) is 18.9 Å². The number of nitrogens with zero attached hydrogens (tertiary/aromatic N) is 2. The van der Waals surface area contributed by atoms with Crippen molar-refractivity contribution in [3.05, 3.63) is 54.1 Å². The maximum Gasteiger partial charge on any atom is 0.251 e. The molecule has 2 aromatic heterocycles. The topological polar surface area (TPSA) is 76.0 Å². The predicted octanol–water partition coefficient (Wildman–Crippen LogP) is 2.32. The molecule has 0 aliphatic heterocycles. The fourth-order valence-electron chi connectivity index (χ4n) is 3.69. The largest absolute Gasteiger partial charge is 0.355 e. The highest BCUT2D eigenvalue weighted by Crippen LogP contribution is 2.28. The van der Waals surface area contributed by atoms with Crippen molar-refractivity contribution in [1.82, 2.24) is 20.2 Å². The van der Waals surface area contributed by atoms with E-state index in [-0.39, 0.29) is 17.7 Å². The molecule has 2 aromatic rings. The molecular weight excluding hydrogens is 340 g/mol. The van der Waals surface area contributed by atoms with Crippen molar-refractivity contribution >= 4 is 11.8 Å². The van der Waals surface area contributed by atoms with Gasteiger partial charge in [0.25, 0.3) is 5.91 Å². The van der Waals surface area contributed by atoms with Gasteiger partial charge in [0.1, 0.15) is 0 Å².